The maximum Gasteiger partial charge on any atom is 0.0741 e. The summed E-state index contributed by atoms with van der Waals surface area (Å²) in [6.45, 7) is 10.4. The fourth-order valence-corrected chi connectivity index (χ4v) is 3.49. The van der Waals surface area contributed by atoms with Crippen LogP contribution in [0.2, 0.25) is 0 Å². The molecule has 0 atom stereocenters. The Morgan fingerprint density at radius 1 is 0.828 bits per heavy atom. The number of aromatic nitrogens is 2. The third-order valence-electron chi connectivity index (χ3n) is 5.18. The zero-order valence-corrected chi connectivity index (χ0v) is 17.1. The largest absolute Gasteiger partial charge is 0.317 e. The molecule has 0 radical (unpaired) electrons. The molecule has 1 aromatic heterocycles. The molecule has 0 aliphatic rings. The van der Waals surface area contributed by atoms with Gasteiger partial charge in [0.25, 0.3) is 0 Å². The fraction of sp³-hybridized carbons (Fsp3) is 0.115. The Morgan fingerprint density at radius 2 is 1.48 bits per heavy atom. The van der Waals surface area contributed by atoms with Crippen LogP contribution >= 0.6 is 0 Å². The lowest BCUT2D eigenvalue weighted by atomic mass is 10.1. The van der Waals surface area contributed by atoms with Crippen molar-refractivity contribution in [2.24, 2.45) is 0 Å². The molecule has 0 saturated carbocycles. The van der Waals surface area contributed by atoms with E-state index in [-0.39, 0.29) is 0 Å². The summed E-state index contributed by atoms with van der Waals surface area (Å²) in [4.78, 5) is 2.13. The van der Waals surface area contributed by atoms with Crippen LogP contribution in [0.25, 0.3) is 16.9 Å². The Labute approximate surface area is 172 Å². The Morgan fingerprint density at radius 3 is 2.14 bits per heavy atom. The van der Waals surface area contributed by atoms with Crippen LogP contribution in [0.3, 0.4) is 0 Å². The lowest BCUT2D eigenvalue weighted by Gasteiger charge is -2.23. The summed E-state index contributed by atoms with van der Waals surface area (Å²) in [5.41, 5.74) is 9.10. The first kappa shape index (κ1) is 18.8. The van der Waals surface area contributed by atoms with Crippen molar-refractivity contribution in [3.8, 4) is 16.9 Å². The monoisotopic (exact) mass is 379 g/mol. The fourth-order valence-electron chi connectivity index (χ4n) is 3.49. The van der Waals surface area contributed by atoms with Gasteiger partial charge in [0.15, 0.2) is 0 Å². The zero-order valence-electron chi connectivity index (χ0n) is 17.1. The predicted molar refractivity (Wildman–Crippen MR) is 122 cm³/mol. The standard InChI is InChI=1S/C26H25N3/c1-5-28(23-12-6-19(2)7-13-23)26-18-22(11-10-21(26)4)25-16-17-27-29(25)24-14-8-20(3)9-15-24/h5-18H,1H2,2-4H3. The summed E-state index contributed by atoms with van der Waals surface area (Å²) >= 11 is 0. The van der Waals surface area contributed by atoms with Crippen molar-refractivity contribution >= 4 is 11.4 Å². The number of hydrogen-bond donors (Lipinski definition) is 0. The molecule has 0 N–H and O–H groups in total. The highest BCUT2D eigenvalue weighted by Crippen LogP contribution is 2.33. The summed E-state index contributed by atoms with van der Waals surface area (Å²) in [5.74, 6) is 0. The minimum Gasteiger partial charge on any atom is -0.317 e. The van der Waals surface area contributed by atoms with Crippen LogP contribution < -0.4 is 4.90 Å². The van der Waals surface area contributed by atoms with Gasteiger partial charge in [-0.15, -0.1) is 0 Å². The van der Waals surface area contributed by atoms with Crippen LogP contribution in [0.4, 0.5) is 11.4 Å². The van der Waals surface area contributed by atoms with Gasteiger partial charge in [-0.1, -0.05) is 54.1 Å². The van der Waals surface area contributed by atoms with E-state index in [1.54, 1.807) is 0 Å². The molecule has 0 aliphatic heterocycles. The van der Waals surface area contributed by atoms with E-state index in [1.165, 1.54) is 16.7 Å². The Kier molecular flexibility index (Phi) is 5.05. The van der Waals surface area contributed by atoms with Crippen molar-refractivity contribution in [2.45, 2.75) is 20.8 Å². The van der Waals surface area contributed by atoms with Crippen molar-refractivity contribution in [3.63, 3.8) is 0 Å². The molecule has 3 heteroatoms. The van der Waals surface area contributed by atoms with Gasteiger partial charge in [-0.25, -0.2) is 4.68 Å². The quantitative estimate of drug-likeness (QED) is 0.382. The summed E-state index contributed by atoms with van der Waals surface area (Å²) in [6.07, 6.45) is 3.72. The molecule has 0 aliphatic carbocycles. The first-order chi connectivity index (χ1) is 14.1. The molecular weight excluding hydrogens is 354 g/mol. The molecule has 3 aromatic carbocycles. The highest BCUT2D eigenvalue weighted by molar-refractivity contribution is 5.75. The van der Waals surface area contributed by atoms with Crippen LogP contribution in [-0.4, -0.2) is 9.78 Å². The van der Waals surface area contributed by atoms with Crippen LogP contribution in [-0.2, 0) is 0 Å². The molecule has 3 nitrogen and oxygen atoms in total. The third-order valence-corrected chi connectivity index (χ3v) is 5.18. The van der Waals surface area contributed by atoms with Crippen molar-refractivity contribution in [3.05, 3.63) is 108 Å². The van der Waals surface area contributed by atoms with Gasteiger partial charge in [-0.05, 0) is 62.7 Å². The second kappa shape index (κ2) is 7.80. The molecule has 4 aromatic rings. The number of aryl methyl sites for hydroxylation is 3. The summed E-state index contributed by atoms with van der Waals surface area (Å²) in [5, 5.41) is 4.56. The summed E-state index contributed by atoms with van der Waals surface area (Å²) in [6, 6.07) is 25.5. The van der Waals surface area contributed by atoms with Gasteiger partial charge in [-0.3, -0.25) is 0 Å². The molecule has 0 amide bonds. The molecule has 0 bridgehead atoms. The van der Waals surface area contributed by atoms with E-state index >= 15 is 0 Å². The lowest BCUT2D eigenvalue weighted by Crippen LogP contribution is -2.09. The van der Waals surface area contributed by atoms with E-state index in [0.717, 1.165) is 28.3 Å². The van der Waals surface area contributed by atoms with Gasteiger partial charge in [-0.2, -0.15) is 5.10 Å². The third kappa shape index (κ3) is 3.72. The molecule has 0 spiro atoms. The molecule has 1 heterocycles. The zero-order chi connectivity index (χ0) is 20.4. The topological polar surface area (TPSA) is 21.1 Å². The average Bonchev–Trinajstić information content (AvgIpc) is 3.21. The molecule has 29 heavy (non-hydrogen) atoms. The normalized spacial score (nSPS) is 10.7. The molecular formula is C26H25N3. The minimum absolute atomic E-state index is 1.05. The highest BCUT2D eigenvalue weighted by atomic mass is 15.3. The van der Waals surface area contributed by atoms with Crippen LogP contribution in [0, 0.1) is 20.8 Å². The number of anilines is 2. The number of rotatable bonds is 5. The van der Waals surface area contributed by atoms with E-state index in [4.69, 9.17) is 0 Å². The van der Waals surface area contributed by atoms with E-state index in [9.17, 15) is 0 Å². The van der Waals surface area contributed by atoms with Gasteiger partial charge in [0, 0.05) is 23.1 Å². The van der Waals surface area contributed by atoms with Crippen molar-refractivity contribution in [2.75, 3.05) is 4.90 Å². The molecule has 0 fully saturated rings. The summed E-state index contributed by atoms with van der Waals surface area (Å²) < 4.78 is 1.98. The first-order valence-corrected chi connectivity index (χ1v) is 9.77. The van der Waals surface area contributed by atoms with Gasteiger partial charge in [0.05, 0.1) is 17.6 Å². The van der Waals surface area contributed by atoms with E-state index in [0.29, 0.717) is 0 Å². The van der Waals surface area contributed by atoms with E-state index in [2.05, 4.69) is 110 Å². The van der Waals surface area contributed by atoms with E-state index < -0.39 is 0 Å². The number of hydrogen-bond acceptors (Lipinski definition) is 2. The van der Waals surface area contributed by atoms with Crippen LogP contribution in [0.5, 0.6) is 0 Å². The van der Waals surface area contributed by atoms with Crippen molar-refractivity contribution < 1.29 is 0 Å². The number of benzene rings is 3. The van der Waals surface area contributed by atoms with Crippen LogP contribution in [0.15, 0.2) is 91.8 Å². The Hall–Kier alpha value is -3.59. The second-order valence-electron chi connectivity index (χ2n) is 7.35. The Balaban J connectivity index is 1.78. The summed E-state index contributed by atoms with van der Waals surface area (Å²) in [7, 11) is 0. The van der Waals surface area contributed by atoms with Gasteiger partial charge < -0.3 is 4.90 Å². The second-order valence-corrected chi connectivity index (χ2v) is 7.35. The van der Waals surface area contributed by atoms with E-state index in [1.807, 2.05) is 17.1 Å². The smallest absolute Gasteiger partial charge is 0.0741 e. The predicted octanol–water partition coefficient (Wildman–Crippen LogP) is 6.75. The lowest BCUT2D eigenvalue weighted by molar-refractivity contribution is 0.887. The minimum atomic E-state index is 1.05. The maximum atomic E-state index is 4.56. The van der Waals surface area contributed by atoms with Crippen molar-refractivity contribution in [1.82, 2.24) is 9.78 Å². The SMILES string of the molecule is C=CN(c1ccc(C)cc1)c1cc(-c2ccnn2-c2ccc(C)cc2)ccc1C. The molecule has 4 rings (SSSR count). The maximum absolute atomic E-state index is 4.56. The molecule has 144 valence electrons. The van der Waals surface area contributed by atoms with Gasteiger partial charge in [0.2, 0.25) is 0 Å². The average molecular weight is 380 g/mol. The highest BCUT2D eigenvalue weighted by Gasteiger charge is 2.13. The Bertz CT molecular complexity index is 1140. The first-order valence-electron chi connectivity index (χ1n) is 9.77. The van der Waals surface area contributed by atoms with Crippen molar-refractivity contribution in [1.29, 1.82) is 0 Å². The molecule has 0 unspecified atom stereocenters. The van der Waals surface area contributed by atoms with Crippen LogP contribution in [0.1, 0.15) is 16.7 Å². The number of nitrogens with zero attached hydrogens (tertiary/aromatic N) is 3. The van der Waals surface area contributed by atoms with Gasteiger partial charge in [0.1, 0.15) is 0 Å². The van der Waals surface area contributed by atoms with Gasteiger partial charge >= 0.3 is 0 Å². The molecule has 0 saturated heterocycles.